The molecule has 1 fully saturated rings. The molecule has 0 amide bonds. The van der Waals surface area contributed by atoms with Gasteiger partial charge in [0.05, 0.1) is 15.7 Å². The van der Waals surface area contributed by atoms with Crippen molar-refractivity contribution in [3.8, 4) is 0 Å². The average Bonchev–Trinajstić information content (AvgIpc) is 2.68. The topological polar surface area (TPSA) is 31.4 Å². The van der Waals surface area contributed by atoms with Crippen LogP contribution in [0.2, 0.25) is 10.0 Å². The first-order chi connectivity index (χ1) is 13.5. The van der Waals surface area contributed by atoms with Crippen molar-refractivity contribution in [2.45, 2.75) is 33.1 Å². The predicted octanol–water partition coefficient (Wildman–Crippen LogP) is 5.56. The minimum atomic E-state index is 0.584. The van der Waals surface area contributed by atoms with Crippen LogP contribution in [0.4, 0.5) is 11.4 Å². The molecule has 4 nitrogen and oxygen atoms in total. The lowest BCUT2D eigenvalue weighted by molar-refractivity contribution is 0.391. The minimum absolute atomic E-state index is 0.584. The Morgan fingerprint density at radius 2 is 1.82 bits per heavy atom. The molecule has 0 unspecified atom stereocenters. The van der Waals surface area contributed by atoms with E-state index in [4.69, 9.17) is 35.4 Å². The second kappa shape index (κ2) is 9.77. The van der Waals surface area contributed by atoms with Crippen molar-refractivity contribution in [3.63, 3.8) is 0 Å². The third-order valence-electron chi connectivity index (χ3n) is 5.06. The van der Waals surface area contributed by atoms with Crippen LogP contribution in [0.5, 0.6) is 0 Å². The summed E-state index contributed by atoms with van der Waals surface area (Å²) in [6.45, 7) is 7.59. The lowest BCUT2D eigenvalue weighted by Crippen LogP contribution is -2.50. The third-order valence-corrected chi connectivity index (χ3v) is 5.98. The molecule has 1 aromatic carbocycles. The van der Waals surface area contributed by atoms with Gasteiger partial charge in [0.25, 0.3) is 0 Å². The van der Waals surface area contributed by atoms with E-state index in [1.807, 2.05) is 0 Å². The first-order valence-electron chi connectivity index (χ1n) is 9.69. The predicted molar refractivity (Wildman–Crippen MR) is 124 cm³/mol. The molecule has 1 aromatic heterocycles. The molecule has 0 aliphatic carbocycles. The summed E-state index contributed by atoms with van der Waals surface area (Å²) in [5, 5.41) is 5.34. The fourth-order valence-corrected chi connectivity index (χ4v) is 4.33. The zero-order valence-corrected chi connectivity index (χ0v) is 18.7. The molecule has 1 aliphatic rings. The van der Waals surface area contributed by atoms with E-state index in [1.54, 1.807) is 12.4 Å². The summed E-state index contributed by atoms with van der Waals surface area (Å²) in [6, 6.07) is 6.59. The number of anilines is 2. The Bertz CT molecular complexity index is 815. The van der Waals surface area contributed by atoms with Crippen molar-refractivity contribution in [2.75, 3.05) is 36.4 Å². The van der Waals surface area contributed by atoms with Gasteiger partial charge >= 0.3 is 0 Å². The molecule has 1 aliphatic heterocycles. The molecule has 2 aromatic rings. The van der Waals surface area contributed by atoms with Gasteiger partial charge in [0.15, 0.2) is 5.11 Å². The summed E-state index contributed by atoms with van der Waals surface area (Å²) in [5.41, 5.74) is 4.55. The maximum Gasteiger partial charge on any atom is 0.173 e. The Morgan fingerprint density at radius 1 is 1.14 bits per heavy atom. The number of halogens is 2. The molecule has 0 radical (unpaired) electrons. The van der Waals surface area contributed by atoms with E-state index in [9.17, 15) is 0 Å². The molecule has 28 heavy (non-hydrogen) atoms. The number of hydrogen-bond donors (Lipinski definition) is 1. The van der Waals surface area contributed by atoms with Gasteiger partial charge in [-0.05, 0) is 49.2 Å². The number of nitrogens with one attached hydrogen (secondary N) is 1. The molecular weight excluding hydrogens is 411 g/mol. The Morgan fingerprint density at radius 3 is 2.43 bits per heavy atom. The quantitative estimate of drug-likeness (QED) is 0.620. The van der Waals surface area contributed by atoms with Crippen molar-refractivity contribution in [1.29, 1.82) is 0 Å². The van der Waals surface area contributed by atoms with Crippen LogP contribution in [-0.2, 0) is 6.42 Å². The molecule has 3 rings (SSSR count). The Labute approximate surface area is 182 Å². The summed E-state index contributed by atoms with van der Waals surface area (Å²) in [7, 11) is 0. The van der Waals surface area contributed by atoms with Gasteiger partial charge in [-0.25, -0.2) is 0 Å². The first kappa shape index (κ1) is 21.2. The molecule has 0 atom stereocenters. The van der Waals surface area contributed by atoms with Gasteiger partial charge in [0.2, 0.25) is 0 Å². The highest BCUT2D eigenvalue weighted by Crippen LogP contribution is 2.33. The van der Waals surface area contributed by atoms with E-state index in [2.05, 4.69) is 52.1 Å². The summed E-state index contributed by atoms with van der Waals surface area (Å²) in [4.78, 5) is 8.42. The van der Waals surface area contributed by atoms with Gasteiger partial charge in [-0.1, -0.05) is 48.7 Å². The van der Waals surface area contributed by atoms with Crippen molar-refractivity contribution in [1.82, 2.24) is 9.88 Å². The van der Waals surface area contributed by atoms with E-state index < -0.39 is 0 Å². The van der Waals surface area contributed by atoms with Crippen molar-refractivity contribution in [3.05, 3.63) is 51.8 Å². The van der Waals surface area contributed by atoms with Gasteiger partial charge < -0.3 is 15.1 Å². The lowest BCUT2D eigenvalue weighted by atomic mass is 10.0. The van der Waals surface area contributed by atoms with Crippen molar-refractivity contribution < 1.29 is 0 Å². The number of aryl methyl sites for hydroxylation is 2. The molecule has 0 saturated carbocycles. The molecular formula is C21H26Cl2N4S. The molecule has 7 heteroatoms. The second-order valence-corrected chi connectivity index (χ2v) is 8.31. The van der Waals surface area contributed by atoms with Crippen LogP contribution in [0.15, 0.2) is 30.6 Å². The lowest BCUT2D eigenvalue weighted by Gasteiger charge is -2.38. The van der Waals surface area contributed by atoms with E-state index in [0.29, 0.717) is 10.0 Å². The number of piperazine rings is 1. The van der Waals surface area contributed by atoms with Crippen LogP contribution in [0.3, 0.4) is 0 Å². The van der Waals surface area contributed by atoms with Gasteiger partial charge in [-0.3, -0.25) is 4.98 Å². The number of thiocarbonyl (C=S) groups is 1. The van der Waals surface area contributed by atoms with E-state index in [0.717, 1.165) is 49.1 Å². The maximum atomic E-state index is 6.29. The third kappa shape index (κ3) is 5.07. The van der Waals surface area contributed by atoms with Crippen LogP contribution in [-0.4, -0.2) is 41.2 Å². The van der Waals surface area contributed by atoms with Crippen LogP contribution in [0, 0.1) is 6.92 Å². The SMILES string of the molecule is CCCCc1ccc(NC(=S)N2CCN(c3c(Cl)cncc3Cl)CC2)c(C)c1. The van der Waals surface area contributed by atoms with Gasteiger partial charge in [-0.2, -0.15) is 0 Å². The number of rotatable bonds is 5. The monoisotopic (exact) mass is 436 g/mol. The molecule has 0 spiro atoms. The second-order valence-electron chi connectivity index (χ2n) is 7.11. The number of unbranched alkanes of at least 4 members (excludes halogenated alkanes) is 1. The smallest absolute Gasteiger partial charge is 0.173 e. The maximum absolute atomic E-state index is 6.29. The van der Waals surface area contributed by atoms with Crippen LogP contribution >= 0.6 is 35.4 Å². The summed E-state index contributed by atoms with van der Waals surface area (Å²) in [5.74, 6) is 0. The largest absolute Gasteiger partial charge is 0.365 e. The highest BCUT2D eigenvalue weighted by molar-refractivity contribution is 7.80. The van der Waals surface area contributed by atoms with Gasteiger partial charge in [0, 0.05) is 44.3 Å². The average molecular weight is 437 g/mol. The molecule has 1 saturated heterocycles. The van der Waals surface area contributed by atoms with Crippen LogP contribution in [0.1, 0.15) is 30.9 Å². The van der Waals surface area contributed by atoms with Gasteiger partial charge in [0.1, 0.15) is 0 Å². The summed E-state index contributed by atoms with van der Waals surface area (Å²) < 4.78 is 0. The van der Waals surface area contributed by atoms with Crippen LogP contribution < -0.4 is 10.2 Å². The molecule has 0 bridgehead atoms. The van der Waals surface area contributed by atoms with Crippen LogP contribution in [0.25, 0.3) is 0 Å². The highest BCUT2D eigenvalue weighted by Gasteiger charge is 2.22. The highest BCUT2D eigenvalue weighted by atomic mass is 35.5. The van der Waals surface area contributed by atoms with E-state index in [-0.39, 0.29) is 0 Å². The van der Waals surface area contributed by atoms with E-state index in [1.165, 1.54) is 24.0 Å². The summed E-state index contributed by atoms with van der Waals surface area (Å²) >= 11 is 18.2. The zero-order valence-electron chi connectivity index (χ0n) is 16.3. The van der Waals surface area contributed by atoms with Gasteiger partial charge in [-0.15, -0.1) is 0 Å². The number of benzene rings is 1. The number of pyridine rings is 1. The minimum Gasteiger partial charge on any atom is -0.365 e. The molecule has 150 valence electrons. The number of aromatic nitrogens is 1. The van der Waals surface area contributed by atoms with E-state index >= 15 is 0 Å². The van der Waals surface area contributed by atoms with Crippen molar-refractivity contribution in [2.24, 2.45) is 0 Å². The Hall–Kier alpha value is -1.56. The Balaban J connectivity index is 1.58. The standard InChI is InChI=1S/C21H26Cl2N4S/c1-3-4-5-16-6-7-19(15(2)12-16)25-21(28)27-10-8-26(9-11-27)20-17(22)13-24-14-18(20)23/h6-7,12-14H,3-5,8-11H2,1-2H3,(H,25,28). The fraction of sp³-hybridized carbons (Fsp3) is 0.429. The number of nitrogens with zero attached hydrogens (tertiary/aromatic N) is 3. The summed E-state index contributed by atoms with van der Waals surface area (Å²) in [6.07, 6.45) is 6.83. The Kier molecular flexibility index (Phi) is 7.38. The van der Waals surface area contributed by atoms with Crippen molar-refractivity contribution >= 4 is 51.9 Å². The zero-order chi connectivity index (χ0) is 20.1. The fourth-order valence-electron chi connectivity index (χ4n) is 3.44. The molecule has 2 heterocycles. The number of hydrogen-bond acceptors (Lipinski definition) is 3. The molecule has 1 N–H and O–H groups in total. The first-order valence-corrected chi connectivity index (χ1v) is 10.9. The normalized spacial score (nSPS) is 14.3.